The fourth-order valence-corrected chi connectivity index (χ4v) is 7.75. The number of ether oxygens (including phenoxy) is 2. The fraction of sp³-hybridized carbons (Fsp3) is 0.714. The van der Waals surface area contributed by atoms with Crippen LogP contribution in [0.2, 0.25) is 0 Å². The minimum Gasteiger partial charge on any atom is -0.458 e. The first-order valence-corrected chi connectivity index (χ1v) is 12.4. The molecule has 1 aromatic rings. The third-order valence-electron chi connectivity index (χ3n) is 11.3. The van der Waals surface area contributed by atoms with E-state index in [0.29, 0.717) is 23.0 Å². The summed E-state index contributed by atoms with van der Waals surface area (Å²) in [5.74, 6) is 0.670. The van der Waals surface area contributed by atoms with Gasteiger partial charge in [-0.25, -0.2) is 9.59 Å². The number of benzene rings is 1. The Balaban J connectivity index is 1.23. The van der Waals surface area contributed by atoms with Crippen molar-refractivity contribution < 1.29 is 19.1 Å². The van der Waals surface area contributed by atoms with E-state index in [1.165, 1.54) is 12.8 Å². The monoisotopic (exact) mass is 438 g/mol. The molecule has 32 heavy (non-hydrogen) atoms. The first-order chi connectivity index (χ1) is 14.9. The summed E-state index contributed by atoms with van der Waals surface area (Å²) >= 11 is 0. The predicted molar refractivity (Wildman–Crippen MR) is 123 cm³/mol. The van der Waals surface area contributed by atoms with Crippen molar-refractivity contribution in [2.45, 2.75) is 92.3 Å². The van der Waals surface area contributed by atoms with Crippen molar-refractivity contribution in [1.82, 2.24) is 0 Å². The summed E-state index contributed by atoms with van der Waals surface area (Å²) in [6.07, 6.45) is 6.54. The summed E-state index contributed by atoms with van der Waals surface area (Å²) in [5.41, 5.74) is 1.49. The lowest BCUT2D eigenvalue weighted by atomic mass is 9.70. The van der Waals surface area contributed by atoms with Crippen molar-refractivity contribution in [1.29, 1.82) is 0 Å². The Morgan fingerprint density at radius 2 is 1.03 bits per heavy atom. The summed E-state index contributed by atoms with van der Waals surface area (Å²) in [6, 6.07) is 6.80. The van der Waals surface area contributed by atoms with E-state index in [9.17, 15) is 9.59 Å². The average Bonchev–Trinajstić information content (AvgIpc) is 3.26. The average molecular weight is 439 g/mol. The number of hydrogen-bond acceptors (Lipinski definition) is 4. The molecule has 174 valence electrons. The zero-order valence-electron chi connectivity index (χ0n) is 20.5. The van der Waals surface area contributed by atoms with Gasteiger partial charge in [0.25, 0.3) is 0 Å². The SMILES string of the molecule is CC1(C)[C@H]2CC[C@]1(C)[C@H](OC(=O)c1ccc(C(=O)O[C@@H]3C[C@@H]4CC[C@@]3(C)C4(C)C)cc1)C2. The van der Waals surface area contributed by atoms with E-state index in [-0.39, 0.29) is 45.8 Å². The third-order valence-corrected chi connectivity index (χ3v) is 11.3. The van der Waals surface area contributed by atoms with Gasteiger partial charge in [0.05, 0.1) is 11.1 Å². The van der Waals surface area contributed by atoms with Crippen molar-refractivity contribution in [2.75, 3.05) is 0 Å². The van der Waals surface area contributed by atoms with Crippen LogP contribution in [-0.2, 0) is 9.47 Å². The smallest absolute Gasteiger partial charge is 0.338 e. The van der Waals surface area contributed by atoms with Gasteiger partial charge in [0, 0.05) is 10.8 Å². The topological polar surface area (TPSA) is 52.6 Å². The van der Waals surface area contributed by atoms with Crippen molar-refractivity contribution in [3.63, 3.8) is 0 Å². The van der Waals surface area contributed by atoms with E-state index in [1.807, 2.05) is 0 Å². The zero-order valence-corrected chi connectivity index (χ0v) is 20.5. The summed E-state index contributed by atoms with van der Waals surface area (Å²) in [5, 5.41) is 0. The fourth-order valence-electron chi connectivity index (χ4n) is 7.75. The Morgan fingerprint density at radius 1 is 0.688 bits per heavy atom. The van der Waals surface area contributed by atoms with Gasteiger partial charge in [0.15, 0.2) is 0 Å². The molecule has 0 unspecified atom stereocenters. The van der Waals surface area contributed by atoms with E-state index < -0.39 is 0 Å². The molecule has 6 atom stereocenters. The highest BCUT2D eigenvalue weighted by atomic mass is 16.5. The van der Waals surface area contributed by atoms with E-state index in [0.717, 1.165) is 25.7 Å². The minimum atomic E-state index is -0.290. The summed E-state index contributed by atoms with van der Waals surface area (Å²) < 4.78 is 12.0. The molecule has 4 nitrogen and oxygen atoms in total. The number of carbonyl (C=O) groups is 2. The lowest BCUT2D eigenvalue weighted by molar-refractivity contribution is -0.0251. The van der Waals surface area contributed by atoms with E-state index >= 15 is 0 Å². The first kappa shape index (κ1) is 22.0. The van der Waals surface area contributed by atoms with Crippen LogP contribution in [0.5, 0.6) is 0 Å². The van der Waals surface area contributed by atoms with Gasteiger partial charge in [-0.1, -0.05) is 41.5 Å². The van der Waals surface area contributed by atoms with Gasteiger partial charge in [-0.15, -0.1) is 0 Å². The van der Waals surface area contributed by atoms with Gasteiger partial charge in [0.1, 0.15) is 12.2 Å². The summed E-state index contributed by atoms with van der Waals surface area (Å²) in [7, 11) is 0. The van der Waals surface area contributed by atoms with Gasteiger partial charge in [-0.2, -0.15) is 0 Å². The molecular weight excluding hydrogens is 400 g/mol. The Hall–Kier alpha value is -1.84. The molecule has 4 bridgehead atoms. The highest BCUT2D eigenvalue weighted by molar-refractivity contribution is 5.93. The maximum absolute atomic E-state index is 12.9. The summed E-state index contributed by atoms with van der Waals surface area (Å²) in [4.78, 5) is 25.7. The number of carbonyl (C=O) groups excluding carboxylic acids is 2. The van der Waals surface area contributed by atoms with Crippen LogP contribution in [0.25, 0.3) is 0 Å². The quantitative estimate of drug-likeness (QED) is 0.508. The van der Waals surface area contributed by atoms with E-state index in [4.69, 9.17) is 9.47 Å². The molecule has 4 saturated carbocycles. The molecule has 0 spiro atoms. The molecule has 0 aromatic heterocycles. The molecule has 4 aliphatic carbocycles. The zero-order chi connectivity index (χ0) is 23.1. The highest BCUT2D eigenvalue weighted by Crippen LogP contribution is 2.67. The number of hydrogen-bond donors (Lipinski definition) is 0. The van der Waals surface area contributed by atoms with Crippen LogP contribution in [0.1, 0.15) is 101 Å². The second kappa shape index (κ2) is 6.84. The molecular formula is C28H38O4. The standard InChI is InChI=1S/C28H38O4/c1-25(2)19-11-13-27(25,5)21(15-19)31-23(29)17-7-9-18(10-8-17)24(30)32-22-16-20-12-14-28(22,6)26(20,3)4/h7-10,19-22H,11-16H2,1-6H3/t19-,20-,21+,22+,27+,28+/m0/s1. The second-order valence-corrected chi connectivity index (χ2v) is 12.6. The Bertz CT molecular complexity index is 868. The van der Waals surface area contributed by atoms with Crippen LogP contribution in [0, 0.1) is 33.5 Å². The maximum Gasteiger partial charge on any atom is 0.338 e. The molecule has 4 aliphatic rings. The van der Waals surface area contributed by atoms with Crippen LogP contribution < -0.4 is 0 Å². The number of esters is 2. The number of rotatable bonds is 4. The van der Waals surface area contributed by atoms with Crippen LogP contribution >= 0.6 is 0 Å². The molecule has 4 fully saturated rings. The Morgan fingerprint density at radius 3 is 1.28 bits per heavy atom. The molecule has 0 aliphatic heterocycles. The summed E-state index contributed by atoms with van der Waals surface area (Å²) in [6.45, 7) is 13.8. The molecule has 0 heterocycles. The van der Waals surface area contributed by atoms with Crippen molar-refractivity contribution in [3.05, 3.63) is 35.4 Å². The predicted octanol–water partition coefficient (Wildman–Crippen LogP) is 6.43. The highest BCUT2D eigenvalue weighted by Gasteiger charge is 2.64. The van der Waals surface area contributed by atoms with Crippen molar-refractivity contribution >= 4 is 11.9 Å². The molecule has 1 aromatic carbocycles. The minimum absolute atomic E-state index is 0.0321. The lowest BCUT2D eigenvalue weighted by Crippen LogP contribution is -2.38. The van der Waals surface area contributed by atoms with E-state index in [2.05, 4.69) is 41.5 Å². The van der Waals surface area contributed by atoms with Gasteiger partial charge in [-0.3, -0.25) is 0 Å². The van der Waals surface area contributed by atoms with Crippen LogP contribution in [0.3, 0.4) is 0 Å². The van der Waals surface area contributed by atoms with Crippen molar-refractivity contribution in [2.24, 2.45) is 33.5 Å². The number of fused-ring (bicyclic) bond motifs is 4. The van der Waals surface area contributed by atoms with Gasteiger partial charge >= 0.3 is 11.9 Å². The molecule has 0 amide bonds. The first-order valence-electron chi connectivity index (χ1n) is 12.4. The molecule has 0 radical (unpaired) electrons. The lowest BCUT2D eigenvalue weighted by Gasteiger charge is -2.38. The maximum atomic E-state index is 12.9. The molecule has 4 heteroatoms. The van der Waals surface area contributed by atoms with Crippen LogP contribution in [0.4, 0.5) is 0 Å². The molecule has 0 saturated heterocycles. The van der Waals surface area contributed by atoms with Gasteiger partial charge < -0.3 is 9.47 Å². The second-order valence-electron chi connectivity index (χ2n) is 12.6. The van der Waals surface area contributed by atoms with Gasteiger partial charge in [0.2, 0.25) is 0 Å². The normalized spacial score (nSPS) is 40.4. The molecule has 5 rings (SSSR count). The van der Waals surface area contributed by atoms with Gasteiger partial charge in [-0.05, 0) is 85.5 Å². The van der Waals surface area contributed by atoms with Crippen LogP contribution in [-0.4, -0.2) is 24.1 Å². The Kier molecular flexibility index (Phi) is 4.69. The largest absolute Gasteiger partial charge is 0.458 e. The molecule has 0 N–H and O–H groups in total. The van der Waals surface area contributed by atoms with Crippen LogP contribution in [0.15, 0.2) is 24.3 Å². The third kappa shape index (κ3) is 2.80. The Labute approximate surface area is 192 Å². The van der Waals surface area contributed by atoms with Crippen molar-refractivity contribution in [3.8, 4) is 0 Å². The van der Waals surface area contributed by atoms with E-state index in [1.54, 1.807) is 24.3 Å².